The fraction of sp³-hybridized carbons (Fsp3) is 0.455. The third-order valence-corrected chi connectivity index (χ3v) is 6.88. The number of fused-ring (bicyclic) bond motifs is 1. The van der Waals surface area contributed by atoms with Crippen molar-refractivity contribution in [3.63, 3.8) is 0 Å². The number of carbonyl (C=O) groups is 1. The van der Waals surface area contributed by atoms with Crippen LogP contribution in [0.5, 0.6) is 0 Å². The number of aryl methyl sites for hydroxylation is 1. The third-order valence-electron chi connectivity index (χ3n) is 5.68. The molecule has 2 N–H and O–H groups in total. The Balaban J connectivity index is 1.63. The molecule has 1 unspecified atom stereocenters. The number of carbonyl (C=O) groups excluding carboxylic acids is 1. The van der Waals surface area contributed by atoms with Crippen LogP contribution in [0.15, 0.2) is 24.3 Å². The summed E-state index contributed by atoms with van der Waals surface area (Å²) in [5.74, 6) is -0.383. The van der Waals surface area contributed by atoms with E-state index >= 15 is 0 Å². The molecule has 0 aliphatic carbocycles. The van der Waals surface area contributed by atoms with Crippen LogP contribution in [0, 0.1) is 13.8 Å². The molecule has 7 heteroatoms. The maximum atomic E-state index is 12.1. The smallest absolute Gasteiger partial charge is 0.259 e. The maximum Gasteiger partial charge on any atom is 0.259 e. The summed E-state index contributed by atoms with van der Waals surface area (Å²) in [6.45, 7) is 11.6. The lowest BCUT2D eigenvalue weighted by atomic mass is 10.0. The average molecular weight is 413 g/mol. The van der Waals surface area contributed by atoms with Gasteiger partial charge in [-0.2, -0.15) is 5.10 Å². The molecule has 1 fully saturated rings. The summed E-state index contributed by atoms with van der Waals surface area (Å²) in [5, 5.41) is 5.79. The molecule has 0 bridgehead atoms. The lowest BCUT2D eigenvalue weighted by Crippen LogP contribution is -2.38. The highest BCUT2D eigenvalue weighted by Crippen LogP contribution is 2.38. The highest BCUT2D eigenvalue weighted by atomic mass is 32.1. The molecule has 1 atom stereocenters. The van der Waals surface area contributed by atoms with Crippen LogP contribution in [0.4, 0.5) is 0 Å². The predicted molar refractivity (Wildman–Crippen MR) is 116 cm³/mol. The number of thiophene rings is 1. The van der Waals surface area contributed by atoms with Gasteiger partial charge in [0.15, 0.2) is 0 Å². The molecule has 1 aliphatic heterocycles. The van der Waals surface area contributed by atoms with Crippen LogP contribution < -0.4 is 5.73 Å². The van der Waals surface area contributed by atoms with Crippen LogP contribution in [0.25, 0.3) is 10.1 Å². The number of rotatable bonds is 5. The van der Waals surface area contributed by atoms with E-state index in [1.54, 1.807) is 0 Å². The zero-order valence-corrected chi connectivity index (χ0v) is 18.3. The molecule has 4 rings (SSSR count). The Kier molecular flexibility index (Phi) is 5.46. The molecule has 1 aliphatic rings. The van der Waals surface area contributed by atoms with Crippen LogP contribution in [0.1, 0.15) is 58.2 Å². The largest absolute Gasteiger partial charge is 0.371 e. The topological polar surface area (TPSA) is 73.4 Å². The number of nitrogens with two attached hydrogens (primary N) is 1. The van der Waals surface area contributed by atoms with Crippen molar-refractivity contribution in [1.82, 2.24) is 14.7 Å². The minimum atomic E-state index is -0.383. The summed E-state index contributed by atoms with van der Waals surface area (Å²) in [6, 6.07) is 8.41. The number of amides is 1. The van der Waals surface area contributed by atoms with Crippen LogP contribution in [0.2, 0.25) is 0 Å². The molecule has 6 nitrogen and oxygen atoms in total. The monoisotopic (exact) mass is 412 g/mol. The standard InChI is InChI=1S/C22H28N4O2S/c1-13(2)26-15(4)17(14(3)24-26)11-25-9-10-28-18(12-25)20-16-7-5-6-8-19(16)29-21(20)22(23)27/h5-8,13,18H,9-12H2,1-4H3,(H2,23,27). The second-order valence-corrected chi connectivity index (χ2v) is 9.04. The van der Waals surface area contributed by atoms with Gasteiger partial charge in [-0.15, -0.1) is 11.3 Å². The molecular weight excluding hydrogens is 384 g/mol. The lowest BCUT2D eigenvalue weighted by Gasteiger charge is -2.33. The zero-order valence-electron chi connectivity index (χ0n) is 17.4. The number of hydrogen-bond donors (Lipinski definition) is 1. The van der Waals surface area contributed by atoms with Crippen molar-refractivity contribution in [3.8, 4) is 0 Å². The Morgan fingerprint density at radius 2 is 2.10 bits per heavy atom. The van der Waals surface area contributed by atoms with Gasteiger partial charge in [-0.05, 0) is 39.1 Å². The molecular formula is C22H28N4O2S. The fourth-order valence-corrected chi connectivity index (χ4v) is 5.35. The van der Waals surface area contributed by atoms with E-state index in [9.17, 15) is 4.79 Å². The van der Waals surface area contributed by atoms with Gasteiger partial charge in [0.25, 0.3) is 5.91 Å². The van der Waals surface area contributed by atoms with E-state index in [0.29, 0.717) is 17.5 Å². The maximum absolute atomic E-state index is 12.1. The van der Waals surface area contributed by atoms with Crippen LogP contribution in [-0.2, 0) is 11.3 Å². The number of nitrogens with zero attached hydrogens (tertiary/aromatic N) is 3. The van der Waals surface area contributed by atoms with Gasteiger partial charge in [0.05, 0.1) is 23.3 Å². The Hall–Kier alpha value is -2.22. The van der Waals surface area contributed by atoms with Crippen molar-refractivity contribution < 1.29 is 9.53 Å². The van der Waals surface area contributed by atoms with Crippen molar-refractivity contribution in [2.24, 2.45) is 5.73 Å². The van der Waals surface area contributed by atoms with Crippen LogP contribution in [-0.4, -0.2) is 40.3 Å². The van der Waals surface area contributed by atoms with E-state index in [1.165, 1.54) is 22.6 Å². The molecule has 0 spiro atoms. The van der Waals surface area contributed by atoms with E-state index in [1.807, 2.05) is 18.2 Å². The van der Waals surface area contributed by atoms with E-state index in [4.69, 9.17) is 15.6 Å². The molecule has 3 heterocycles. The number of benzene rings is 1. The van der Waals surface area contributed by atoms with Crippen molar-refractivity contribution in [1.29, 1.82) is 0 Å². The van der Waals surface area contributed by atoms with E-state index in [-0.39, 0.29) is 12.0 Å². The Morgan fingerprint density at radius 3 is 2.79 bits per heavy atom. The molecule has 1 amide bonds. The first-order chi connectivity index (χ1) is 13.9. The SMILES string of the molecule is Cc1nn(C(C)C)c(C)c1CN1CCOC(c2c(C(N)=O)sc3ccccc23)C1. The first-order valence-corrected chi connectivity index (χ1v) is 10.9. The molecule has 0 saturated carbocycles. The molecule has 29 heavy (non-hydrogen) atoms. The van der Waals surface area contributed by atoms with Gasteiger partial charge >= 0.3 is 0 Å². The molecule has 0 radical (unpaired) electrons. The quantitative estimate of drug-likeness (QED) is 0.688. The normalized spacial score (nSPS) is 18.0. The zero-order chi connectivity index (χ0) is 20.7. The van der Waals surface area contributed by atoms with Crippen molar-refractivity contribution >= 4 is 27.3 Å². The number of ether oxygens (including phenoxy) is 1. The minimum absolute atomic E-state index is 0.164. The van der Waals surface area contributed by atoms with Gasteiger partial charge in [-0.3, -0.25) is 14.4 Å². The van der Waals surface area contributed by atoms with Gasteiger partial charge in [-0.1, -0.05) is 18.2 Å². The second-order valence-electron chi connectivity index (χ2n) is 7.99. The average Bonchev–Trinajstić information content (AvgIpc) is 3.21. The molecule has 1 saturated heterocycles. The van der Waals surface area contributed by atoms with Gasteiger partial charge in [-0.25, -0.2) is 0 Å². The number of hydrogen-bond acceptors (Lipinski definition) is 5. The van der Waals surface area contributed by atoms with E-state index < -0.39 is 0 Å². The third kappa shape index (κ3) is 3.70. The Labute approximate surface area is 175 Å². The highest BCUT2D eigenvalue weighted by Gasteiger charge is 2.29. The first-order valence-electron chi connectivity index (χ1n) is 10.1. The minimum Gasteiger partial charge on any atom is -0.371 e. The van der Waals surface area contributed by atoms with Gasteiger partial charge in [0, 0.05) is 47.2 Å². The first kappa shape index (κ1) is 20.1. The molecule has 3 aromatic rings. The summed E-state index contributed by atoms with van der Waals surface area (Å²) >= 11 is 1.46. The Morgan fingerprint density at radius 1 is 1.34 bits per heavy atom. The van der Waals surface area contributed by atoms with Crippen molar-refractivity contribution in [2.75, 3.05) is 19.7 Å². The molecule has 1 aromatic carbocycles. The summed E-state index contributed by atoms with van der Waals surface area (Å²) in [6.07, 6.45) is -0.164. The number of morpholine rings is 1. The lowest BCUT2D eigenvalue weighted by molar-refractivity contribution is -0.0324. The summed E-state index contributed by atoms with van der Waals surface area (Å²) < 4.78 is 9.30. The van der Waals surface area contributed by atoms with Crippen molar-refractivity contribution in [3.05, 3.63) is 51.7 Å². The van der Waals surface area contributed by atoms with Crippen LogP contribution in [0.3, 0.4) is 0 Å². The van der Waals surface area contributed by atoms with Crippen LogP contribution >= 0.6 is 11.3 Å². The highest BCUT2D eigenvalue weighted by molar-refractivity contribution is 7.21. The summed E-state index contributed by atoms with van der Waals surface area (Å²) in [7, 11) is 0. The Bertz CT molecular complexity index is 1050. The molecule has 154 valence electrons. The van der Waals surface area contributed by atoms with Gasteiger partial charge in [0.2, 0.25) is 0 Å². The number of primary amides is 1. The van der Waals surface area contributed by atoms with E-state index in [2.05, 4.69) is 43.3 Å². The van der Waals surface area contributed by atoms with Gasteiger partial charge < -0.3 is 10.5 Å². The predicted octanol–water partition coefficient (Wildman–Crippen LogP) is 3.97. The fourth-order valence-electron chi connectivity index (χ4n) is 4.24. The van der Waals surface area contributed by atoms with Crippen molar-refractivity contribution in [2.45, 2.75) is 46.4 Å². The number of aromatic nitrogens is 2. The van der Waals surface area contributed by atoms with E-state index in [0.717, 1.165) is 41.0 Å². The molecule has 2 aromatic heterocycles. The second kappa shape index (κ2) is 7.89. The summed E-state index contributed by atoms with van der Waals surface area (Å²) in [4.78, 5) is 15.1. The van der Waals surface area contributed by atoms with Gasteiger partial charge in [0.1, 0.15) is 0 Å². The summed E-state index contributed by atoms with van der Waals surface area (Å²) in [5.41, 5.74) is 10.2.